The van der Waals surface area contributed by atoms with E-state index in [4.69, 9.17) is 4.74 Å². The van der Waals surface area contributed by atoms with Gasteiger partial charge in [0.15, 0.2) is 5.88 Å². The zero-order valence-corrected chi connectivity index (χ0v) is 8.27. The van der Waals surface area contributed by atoms with E-state index >= 15 is 0 Å². The molecule has 2 rings (SSSR count). The number of nitrogens with zero attached hydrogens (tertiary/aromatic N) is 1. The summed E-state index contributed by atoms with van der Waals surface area (Å²) in [5.74, 6) is 0.0180. The van der Waals surface area contributed by atoms with E-state index < -0.39 is 6.09 Å². The molecule has 78 valence electrons. The molecule has 0 unspecified atom stereocenters. The van der Waals surface area contributed by atoms with E-state index in [-0.39, 0.29) is 18.0 Å². The number of fused-ring (bicyclic) bond motifs is 1. The van der Waals surface area contributed by atoms with E-state index in [1.165, 1.54) is 11.0 Å². The second kappa shape index (κ2) is 3.52. The van der Waals surface area contributed by atoms with Crippen LogP contribution in [0.3, 0.4) is 0 Å². The lowest BCUT2D eigenvalue weighted by Crippen LogP contribution is -2.37. The van der Waals surface area contributed by atoms with E-state index in [0.717, 1.165) is 25.7 Å². The highest BCUT2D eigenvalue weighted by Crippen LogP contribution is 2.33. The predicted octanol–water partition coefficient (Wildman–Crippen LogP) is 2.17. The Hall–Kier alpha value is -1.19. The first kappa shape index (κ1) is 9.37. The first-order valence-corrected chi connectivity index (χ1v) is 5.09. The number of ether oxygens (including phenoxy) is 1. The Kier molecular flexibility index (Phi) is 2.35. The number of hydrogen-bond acceptors (Lipinski definition) is 3. The van der Waals surface area contributed by atoms with Crippen LogP contribution in [-0.2, 0) is 4.74 Å². The topological polar surface area (TPSA) is 49.8 Å². The molecule has 4 nitrogen and oxygen atoms in total. The fraction of sp³-hybridized carbons (Fsp3) is 0.700. The lowest BCUT2D eigenvalue weighted by atomic mass is 9.92. The minimum Gasteiger partial charge on any atom is -0.495 e. The summed E-state index contributed by atoms with van der Waals surface area (Å²) >= 11 is 0. The lowest BCUT2D eigenvalue weighted by molar-refractivity contribution is 0.113. The molecule has 0 aromatic carbocycles. The molecule has 1 saturated carbocycles. The third kappa shape index (κ3) is 1.35. The highest BCUT2D eigenvalue weighted by Gasteiger charge is 2.44. The van der Waals surface area contributed by atoms with E-state index in [1.54, 1.807) is 6.92 Å². The molecule has 0 aromatic rings. The molecule has 0 bridgehead atoms. The predicted molar refractivity (Wildman–Crippen MR) is 50.7 cm³/mol. The van der Waals surface area contributed by atoms with Gasteiger partial charge in [0.1, 0.15) is 6.10 Å². The minimum absolute atomic E-state index is 0.0154. The molecule has 1 saturated heterocycles. The molecule has 0 spiro atoms. The second-order valence-electron chi connectivity index (χ2n) is 3.79. The van der Waals surface area contributed by atoms with Gasteiger partial charge in [-0.05, 0) is 32.3 Å². The molecule has 1 aliphatic heterocycles. The average Bonchev–Trinajstić information content (AvgIpc) is 2.53. The van der Waals surface area contributed by atoms with Crippen molar-refractivity contribution in [3.8, 4) is 0 Å². The summed E-state index contributed by atoms with van der Waals surface area (Å²) in [5, 5.41) is 9.55. The highest BCUT2D eigenvalue weighted by atomic mass is 16.6. The standard InChI is InChI=1S/C10H15NO3/c1-2-9(12)11-7-5-3-4-6-8(7)14-10(11)13/h2,7-8,12H,3-6H2,1H3/b9-2-/t7-,8-/m0/s1. The van der Waals surface area contributed by atoms with E-state index in [1.807, 2.05) is 0 Å². The summed E-state index contributed by atoms with van der Waals surface area (Å²) in [6.07, 6.45) is 5.16. The van der Waals surface area contributed by atoms with Crippen molar-refractivity contribution in [1.82, 2.24) is 4.90 Å². The van der Waals surface area contributed by atoms with Crippen molar-refractivity contribution < 1.29 is 14.6 Å². The molecule has 1 aliphatic carbocycles. The second-order valence-corrected chi connectivity index (χ2v) is 3.79. The van der Waals surface area contributed by atoms with Gasteiger partial charge in [-0.1, -0.05) is 6.42 Å². The number of aliphatic hydroxyl groups excluding tert-OH is 1. The van der Waals surface area contributed by atoms with Gasteiger partial charge < -0.3 is 9.84 Å². The Labute approximate surface area is 83.2 Å². The van der Waals surface area contributed by atoms with Gasteiger partial charge in [-0.25, -0.2) is 9.69 Å². The van der Waals surface area contributed by atoms with Crippen LogP contribution in [-0.4, -0.2) is 28.2 Å². The lowest BCUT2D eigenvalue weighted by Gasteiger charge is -2.26. The van der Waals surface area contributed by atoms with Gasteiger partial charge in [-0.2, -0.15) is 0 Å². The van der Waals surface area contributed by atoms with Crippen LogP contribution in [0.1, 0.15) is 32.6 Å². The summed E-state index contributed by atoms with van der Waals surface area (Å²) in [6, 6.07) is 0.0486. The SMILES string of the molecule is C/C=C(\O)N1C(=O)O[C@H]2CCCC[C@@H]21. The Bertz CT molecular complexity index is 275. The average molecular weight is 197 g/mol. The summed E-state index contributed by atoms with van der Waals surface area (Å²) in [4.78, 5) is 12.8. The number of carbonyl (C=O) groups is 1. The zero-order valence-electron chi connectivity index (χ0n) is 8.27. The third-order valence-electron chi connectivity index (χ3n) is 2.95. The first-order chi connectivity index (χ1) is 6.74. The van der Waals surface area contributed by atoms with Crippen molar-refractivity contribution in [1.29, 1.82) is 0 Å². The van der Waals surface area contributed by atoms with E-state index in [9.17, 15) is 9.90 Å². The summed E-state index contributed by atoms with van der Waals surface area (Å²) in [6.45, 7) is 1.71. The largest absolute Gasteiger partial charge is 0.495 e. The summed E-state index contributed by atoms with van der Waals surface area (Å²) in [7, 11) is 0. The van der Waals surface area contributed by atoms with Crippen molar-refractivity contribution in [3.63, 3.8) is 0 Å². The number of aliphatic hydroxyl groups is 1. The van der Waals surface area contributed by atoms with Crippen molar-refractivity contribution in [2.75, 3.05) is 0 Å². The minimum atomic E-state index is -0.405. The van der Waals surface area contributed by atoms with Gasteiger partial charge in [0.25, 0.3) is 0 Å². The Balaban J connectivity index is 2.19. The molecule has 0 aromatic heterocycles. The van der Waals surface area contributed by atoms with Gasteiger partial charge in [-0.3, -0.25) is 0 Å². The van der Waals surface area contributed by atoms with Gasteiger partial charge in [0, 0.05) is 0 Å². The van der Waals surface area contributed by atoms with E-state index in [0.29, 0.717) is 0 Å². The molecule has 1 heterocycles. The summed E-state index contributed by atoms with van der Waals surface area (Å²) in [5.41, 5.74) is 0. The van der Waals surface area contributed by atoms with Crippen molar-refractivity contribution >= 4 is 6.09 Å². The monoisotopic (exact) mass is 197 g/mol. The fourth-order valence-corrected chi connectivity index (χ4v) is 2.23. The van der Waals surface area contributed by atoms with Crippen LogP contribution >= 0.6 is 0 Å². The number of allylic oxidation sites excluding steroid dienone is 1. The molecule has 2 fully saturated rings. The highest BCUT2D eigenvalue weighted by molar-refractivity contribution is 5.72. The molecule has 2 atom stereocenters. The Morgan fingerprint density at radius 2 is 2.29 bits per heavy atom. The summed E-state index contributed by atoms with van der Waals surface area (Å²) < 4.78 is 5.19. The van der Waals surface area contributed by atoms with Crippen LogP contribution in [0.15, 0.2) is 12.0 Å². The quantitative estimate of drug-likeness (QED) is 0.655. The van der Waals surface area contributed by atoms with Crippen LogP contribution in [0.25, 0.3) is 0 Å². The first-order valence-electron chi connectivity index (χ1n) is 5.09. The van der Waals surface area contributed by atoms with Crippen LogP contribution in [0.4, 0.5) is 4.79 Å². The fourth-order valence-electron chi connectivity index (χ4n) is 2.23. The smallest absolute Gasteiger partial charge is 0.417 e. The molecule has 4 heteroatoms. The maximum absolute atomic E-state index is 11.4. The zero-order chi connectivity index (χ0) is 10.1. The number of amides is 1. The number of carbonyl (C=O) groups excluding carboxylic acids is 1. The number of hydrogen-bond donors (Lipinski definition) is 1. The van der Waals surface area contributed by atoms with Crippen LogP contribution in [0, 0.1) is 0 Å². The van der Waals surface area contributed by atoms with Crippen LogP contribution in [0.2, 0.25) is 0 Å². The Morgan fingerprint density at radius 1 is 1.57 bits per heavy atom. The van der Waals surface area contributed by atoms with Gasteiger partial charge in [0.05, 0.1) is 6.04 Å². The van der Waals surface area contributed by atoms with Crippen molar-refractivity contribution in [2.45, 2.75) is 44.8 Å². The molecular weight excluding hydrogens is 182 g/mol. The molecule has 0 radical (unpaired) electrons. The van der Waals surface area contributed by atoms with Gasteiger partial charge in [-0.15, -0.1) is 0 Å². The molecule has 14 heavy (non-hydrogen) atoms. The van der Waals surface area contributed by atoms with Crippen LogP contribution < -0.4 is 0 Å². The van der Waals surface area contributed by atoms with E-state index in [2.05, 4.69) is 0 Å². The maximum atomic E-state index is 11.4. The molecule has 1 N–H and O–H groups in total. The van der Waals surface area contributed by atoms with Crippen molar-refractivity contribution in [3.05, 3.63) is 12.0 Å². The maximum Gasteiger partial charge on any atom is 0.417 e. The van der Waals surface area contributed by atoms with Crippen LogP contribution in [0.5, 0.6) is 0 Å². The molecular formula is C10H15NO3. The number of rotatable bonds is 1. The van der Waals surface area contributed by atoms with Gasteiger partial charge >= 0.3 is 6.09 Å². The van der Waals surface area contributed by atoms with Crippen molar-refractivity contribution in [2.24, 2.45) is 0 Å². The normalized spacial score (nSPS) is 32.8. The Morgan fingerprint density at radius 3 is 3.00 bits per heavy atom. The molecule has 1 amide bonds. The molecule has 2 aliphatic rings. The van der Waals surface area contributed by atoms with Gasteiger partial charge in [0.2, 0.25) is 0 Å². The third-order valence-corrected chi connectivity index (χ3v) is 2.95.